The van der Waals surface area contributed by atoms with Crippen LogP contribution in [-0.4, -0.2) is 26.2 Å². The number of hydrogen-bond acceptors (Lipinski definition) is 3. The van der Waals surface area contributed by atoms with Crippen LogP contribution in [0, 0.1) is 0 Å². The van der Waals surface area contributed by atoms with Gasteiger partial charge in [0.25, 0.3) is 0 Å². The van der Waals surface area contributed by atoms with Crippen LogP contribution < -0.4 is 14.8 Å². The van der Waals surface area contributed by atoms with E-state index in [0.717, 1.165) is 5.56 Å². The largest absolute Gasteiger partial charge is 0.493 e. The van der Waals surface area contributed by atoms with E-state index in [1.165, 1.54) is 0 Å². The molecular formula is C15H21NO3. The third kappa shape index (κ3) is 4.32. The maximum Gasteiger partial charge on any atom is 0.247 e. The molecule has 1 rings (SSSR count). The normalized spacial score (nSPS) is 11.4. The van der Waals surface area contributed by atoms with Crippen LogP contribution in [-0.2, 0) is 4.79 Å². The van der Waals surface area contributed by atoms with Gasteiger partial charge in [0.2, 0.25) is 5.91 Å². The lowest BCUT2D eigenvalue weighted by Crippen LogP contribution is -2.30. The quantitative estimate of drug-likeness (QED) is 0.831. The van der Waals surface area contributed by atoms with Gasteiger partial charge >= 0.3 is 0 Å². The van der Waals surface area contributed by atoms with E-state index in [4.69, 9.17) is 9.47 Å². The van der Waals surface area contributed by atoms with Crippen LogP contribution in [0.3, 0.4) is 0 Å². The highest BCUT2D eigenvalue weighted by Gasteiger charge is 2.07. The summed E-state index contributed by atoms with van der Waals surface area (Å²) in [5.41, 5.74) is 1.55. The van der Waals surface area contributed by atoms with Crippen molar-refractivity contribution in [2.75, 3.05) is 14.2 Å². The SMILES string of the molecule is COc1ccc(/C=C(\C)C(=O)NC(C)C)cc1OC. The van der Waals surface area contributed by atoms with Crippen molar-refractivity contribution in [3.8, 4) is 11.5 Å². The minimum atomic E-state index is -0.0650. The molecule has 1 aromatic carbocycles. The van der Waals surface area contributed by atoms with Crippen molar-refractivity contribution in [1.29, 1.82) is 0 Å². The third-order valence-electron chi connectivity index (χ3n) is 2.57. The third-order valence-corrected chi connectivity index (χ3v) is 2.57. The highest BCUT2D eigenvalue weighted by atomic mass is 16.5. The summed E-state index contributed by atoms with van der Waals surface area (Å²) in [6, 6.07) is 5.66. The number of nitrogens with one attached hydrogen (secondary N) is 1. The first-order chi connectivity index (χ1) is 8.97. The number of carbonyl (C=O) groups excluding carboxylic acids is 1. The number of benzene rings is 1. The smallest absolute Gasteiger partial charge is 0.247 e. The molecule has 0 aliphatic carbocycles. The second-order valence-electron chi connectivity index (χ2n) is 4.57. The molecule has 0 radical (unpaired) electrons. The molecule has 0 saturated heterocycles. The molecule has 0 aliphatic rings. The number of methoxy groups -OCH3 is 2. The second-order valence-corrected chi connectivity index (χ2v) is 4.57. The summed E-state index contributed by atoms with van der Waals surface area (Å²) < 4.78 is 10.4. The van der Waals surface area contributed by atoms with Crippen molar-refractivity contribution < 1.29 is 14.3 Å². The summed E-state index contributed by atoms with van der Waals surface area (Å²) in [7, 11) is 3.18. The van der Waals surface area contributed by atoms with Crippen LogP contribution >= 0.6 is 0 Å². The lowest BCUT2D eigenvalue weighted by atomic mass is 10.1. The molecule has 19 heavy (non-hydrogen) atoms. The van der Waals surface area contributed by atoms with Gasteiger partial charge in [-0.05, 0) is 44.5 Å². The van der Waals surface area contributed by atoms with E-state index >= 15 is 0 Å². The van der Waals surface area contributed by atoms with Gasteiger partial charge in [-0.1, -0.05) is 6.07 Å². The van der Waals surface area contributed by atoms with Gasteiger partial charge in [-0.25, -0.2) is 0 Å². The van der Waals surface area contributed by atoms with E-state index in [0.29, 0.717) is 17.1 Å². The molecule has 0 saturated carbocycles. The van der Waals surface area contributed by atoms with Crippen LogP contribution in [0.5, 0.6) is 11.5 Å². The molecule has 1 amide bonds. The zero-order chi connectivity index (χ0) is 14.4. The second kappa shape index (κ2) is 6.83. The molecular weight excluding hydrogens is 242 g/mol. The fourth-order valence-corrected chi connectivity index (χ4v) is 1.63. The Morgan fingerprint density at radius 1 is 1.21 bits per heavy atom. The van der Waals surface area contributed by atoms with E-state index in [-0.39, 0.29) is 11.9 Å². The van der Waals surface area contributed by atoms with Gasteiger partial charge in [-0.2, -0.15) is 0 Å². The maximum atomic E-state index is 11.8. The molecule has 0 spiro atoms. The van der Waals surface area contributed by atoms with Crippen molar-refractivity contribution in [3.63, 3.8) is 0 Å². The molecule has 4 heteroatoms. The summed E-state index contributed by atoms with van der Waals surface area (Å²) in [6.07, 6.45) is 1.82. The lowest BCUT2D eigenvalue weighted by Gasteiger charge is -2.10. The van der Waals surface area contributed by atoms with Crippen molar-refractivity contribution in [1.82, 2.24) is 5.32 Å². The lowest BCUT2D eigenvalue weighted by molar-refractivity contribution is -0.117. The van der Waals surface area contributed by atoms with Gasteiger partial charge in [0.1, 0.15) is 0 Å². The van der Waals surface area contributed by atoms with Crippen LogP contribution in [0.25, 0.3) is 6.08 Å². The predicted octanol–water partition coefficient (Wildman–Crippen LogP) is 2.63. The number of rotatable bonds is 5. The first kappa shape index (κ1) is 15.1. The molecule has 1 N–H and O–H groups in total. The Hall–Kier alpha value is -1.97. The summed E-state index contributed by atoms with van der Waals surface area (Å²) in [6.45, 7) is 5.65. The van der Waals surface area contributed by atoms with Crippen molar-refractivity contribution in [3.05, 3.63) is 29.3 Å². The molecule has 1 aromatic rings. The zero-order valence-corrected chi connectivity index (χ0v) is 12.1. The Bertz CT molecular complexity index is 478. The van der Waals surface area contributed by atoms with Crippen LogP contribution in [0.4, 0.5) is 0 Å². The van der Waals surface area contributed by atoms with Crippen molar-refractivity contribution in [2.45, 2.75) is 26.8 Å². The van der Waals surface area contributed by atoms with Crippen LogP contribution in [0.15, 0.2) is 23.8 Å². The average Bonchev–Trinajstić information content (AvgIpc) is 2.37. The van der Waals surface area contributed by atoms with Gasteiger partial charge < -0.3 is 14.8 Å². The minimum absolute atomic E-state index is 0.0650. The molecule has 0 fully saturated rings. The molecule has 0 aliphatic heterocycles. The Morgan fingerprint density at radius 2 is 1.84 bits per heavy atom. The fraction of sp³-hybridized carbons (Fsp3) is 0.400. The van der Waals surface area contributed by atoms with E-state index in [1.807, 2.05) is 38.1 Å². The van der Waals surface area contributed by atoms with E-state index in [9.17, 15) is 4.79 Å². The zero-order valence-electron chi connectivity index (χ0n) is 12.1. The minimum Gasteiger partial charge on any atom is -0.493 e. The maximum absolute atomic E-state index is 11.8. The Balaban J connectivity index is 2.95. The molecule has 0 heterocycles. The van der Waals surface area contributed by atoms with Gasteiger partial charge in [0.15, 0.2) is 11.5 Å². The number of hydrogen-bond donors (Lipinski definition) is 1. The monoisotopic (exact) mass is 263 g/mol. The molecule has 4 nitrogen and oxygen atoms in total. The predicted molar refractivity (Wildman–Crippen MR) is 76.5 cm³/mol. The number of carbonyl (C=O) groups is 1. The molecule has 104 valence electrons. The Kier molecular flexibility index (Phi) is 5.42. The molecule has 0 bridgehead atoms. The average molecular weight is 263 g/mol. The van der Waals surface area contributed by atoms with Gasteiger partial charge in [-0.15, -0.1) is 0 Å². The van der Waals surface area contributed by atoms with Gasteiger partial charge in [0.05, 0.1) is 14.2 Å². The fourth-order valence-electron chi connectivity index (χ4n) is 1.63. The summed E-state index contributed by atoms with van der Waals surface area (Å²) in [4.78, 5) is 11.8. The van der Waals surface area contributed by atoms with Gasteiger partial charge in [0, 0.05) is 11.6 Å². The van der Waals surface area contributed by atoms with E-state index in [1.54, 1.807) is 21.1 Å². The summed E-state index contributed by atoms with van der Waals surface area (Å²) in [5, 5.41) is 2.85. The summed E-state index contributed by atoms with van der Waals surface area (Å²) >= 11 is 0. The van der Waals surface area contributed by atoms with Gasteiger partial charge in [-0.3, -0.25) is 4.79 Å². The Morgan fingerprint density at radius 3 is 2.37 bits per heavy atom. The first-order valence-corrected chi connectivity index (χ1v) is 6.19. The van der Waals surface area contributed by atoms with Crippen molar-refractivity contribution >= 4 is 12.0 Å². The Labute approximate surface area is 114 Å². The topological polar surface area (TPSA) is 47.6 Å². The molecule has 0 aromatic heterocycles. The first-order valence-electron chi connectivity index (χ1n) is 6.19. The van der Waals surface area contributed by atoms with Crippen LogP contribution in [0.2, 0.25) is 0 Å². The molecule has 0 unspecified atom stereocenters. The van der Waals surface area contributed by atoms with E-state index in [2.05, 4.69) is 5.32 Å². The van der Waals surface area contributed by atoms with Crippen LogP contribution in [0.1, 0.15) is 26.3 Å². The number of ether oxygens (including phenoxy) is 2. The standard InChI is InChI=1S/C15H21NO3/c1-10(2)16-15(17)11(3)8-12-6-7-13(18-4)14(9-12)19-5/h6-10H,1-5H3,(H,16,17)/b11-8+. The molecule has 0 atom stereocenters. The highest BCUT2D eigenvalue weighted by Crippen LogP contribution is 2.28. The highest BCUT2D eigenvalue weighted by molar-refractivity contribution is 5.97. The summed E-state index contributed by atoms with van der Waals surface area (Å²) in [5.74, 6) is 1.25. The van der Waals surface area contributed by atoms with E-state index < -0.39 is 0 Å². The number of amides is 1. The van der Waals surface area contributed by atoms with Crippen molar-refractivity contribution in [2.24, 2.45) is 0 Å².